The standard InChI is InChI=1S/C16H27N3O4/c1-7-12-8-16(17-11(3)20,13(21)18-15(4,5)6)10(2)19(9-12)14(22)23/h7,10,12H,1,8-9H2,2-6H3,(H,17,20)(H,18,21)(H,22,23)/t10-,12-,16+/m1/s1. The smallest absolute Gasteiger partial charge is 0.407 e. The van der Waals surface area contributed by atoms with Crippen molar-refractivity contribution in [2.45, 2.75) is 58.2 Å². The van der Waals surface area contributed by atoms with E-state index < -0.39 is 23.2 Å². The number of nitrogens with one attached hydrogen (secondary N) is 2. The molecule has 0 aromatic rings. The Hall–Kier alpha value is -2.05. The Balaban J connectivity index is 3.33. The van der Waals surface area contributed by atoms with Gasteiger partial charge >= 0.3 is 6.09 Å². The van der Waals surface area contributed by atoms with Crippen molar-refractivity contribution in [3.05, 3.63) is 12.7 Å². The summed E-state index contributed by atoms with van der Waals surface area (Å²) in [5, 5.41) is 15.0. The molecule has 0 radical (unpaired) electrons. The van der Waals surface area contributed by atoms with Crippen LogP contribution < -0.4 is 10.6 Å². The second kappa shape index (κ2) is 6.60. The second-order valence-electron chi connectivity index (χ2n) is 7.17. The molecular weight excluding hydrogens is 298 g/mol. The number of piperidine rings is 1. The van der Waals surface area contributed by atoms with Crippen molar-refractivity contribution < 1.29 is 19.5 Å². The van der Waals surface area contributed by atoms with Crippen LogP contribution in [0.5, 0.6) is 0 Å². The summed E-state index contributed by atoms with van der Waals surface area (Å²) in [6.45, 7) is 12.4. The Morgan fingerprint density at radius 2 is 1.91 bits per heavy atom. The van der Waals surface area contributed by atoms with Gasteiger partial charge in [-0.25, -0.2) is 4.79 Å². The van der Waals surface area contributed by atoms with Crippen molar-refractivity contribution in [3.63, 3.8) is 0 Å². The summed E-state index contributed by atoms with van der Waals surface area (Å²) >= 11 is 0. The van der Waals surface area contributed by atoms with Gasteiger partial charge in [0.05, 0.1) is 6.04 Å². The molecule has 130 valence electrons. The van der Waals surface area contributed by atoms with Crippen molar-refractivity contribution in [3.8, 4) is 0 Å². The number of carbonyl (C=O) groups excluding carboxylic acids is 2. The molecule has 1 fully saturated rings. The van der Waals surface area contributed by atoms with Crippen molar-refractivity contribution >= 4 is 17.9 Å². The lowest BCUT2D eigenvalue weighted by Crippen LogP contribution is -2.73. The summed E-state index contributed by atoms with van der Waals surface area (Å²) in [6, 6.07) is -0.692. The molecule has 1 heterocycles. The summed E-state index contributed by atoms with van der Waals surface area (Å²) in [5.41, 5.74) is -1.83. The van der Waals surface area contributed by atoms with E-state index in [9.17, 15) is 19.5 Å². The van der Waals surface area contributed by atoms with Gasteiger partial charge in [0.1, 0.15) is 5.54 Å². The number of hydrogen-bond acceptors (Lipinski definition) is 3. The van der Waals surface area contributed by atoms with Gasteiger partial charge in [0, 0.05) is 19.0 Å². The molecule has 7 nitrogen and oxygen atoms in total. The van der Waals surface area contributed by atoms with Crippen LogP contribution in [0.15, 0.2) is 12.7 Å². The lowest BCUT2D eigenvalue weighted by Gasteiger charge is -2.49. The maximum absolute atomic E-state index is 12.9. The molecule has 7 heteroatoms. The van der Waals surface area contributed by atoms with Gasteiger partial charge in [-0.1, -0.05) is 6.08 Å². The van der Waals surface area contributed by atoms with E-state index in [0.717, 1.165) is 0 Å². The van der Waals surface area contributed by atoms with Gasteiger partial charge in [-0.15, -0.1) is 6.58 Å². The summed E-state index contributed by atoms with van der Waals surface area (Å²) in [4.78, 5) is 37.4. The van der Waals surface area contributed by atoms with E-state index in [2.05, 4.69) is 17.2 Å². The third kappa shape index (κ3) is 4.24. The molecule has 0 aliphatic carbocycles. The minimum atomic E-state index is -1.32. The molecule has 23 heavy (non-hydrogen) atoms. The summed E-state index contributed by atoms with van der Waals surface area (Å²) < 4.78 is 0. The van der Waals surface area contributed by atoms with Crippen LogP contribution in [0.2, 0.25) is 0 Å². The third-order valence-electron chi connectivity index (χ3n) is 4.07. The molecule has 0 spiro atoms. The average Bonchev–Trinajstić information content (AvgIpc) is 2.38. The number of likely N-dealkylation sites (tertiary alicyclic amines) is 1. The van der Waals surface area contributed by atoms with Crippen molar-refractivity contribution in [2.24, 2.45) is 5.92 Å². The van der Waals surface area contributed by atoms with Gasteiger partial charge in [0.25, 0.3) is 0 Å². The highest BCUT2D eigenvalue weighted by molar-refractivity contribution is 5.93. The van der Waals surface area contributed by atoms with E-state index in [1.807, 2.05) is 20.8 Å². The fraction of sp³-hybridized carbons (Fsp3) is 0.688. The van der Waals surface area contributed by atoms with Crippen molar-refractivity contribution in [1.29, 1.82) is 0 Å². The molecule has 1 aliphatic heterocycles. The highest BCUT2D eigenvalue weighted by Crippen LogP contribution is 2.33. The fourth-order valence-electron chi connectivity index (χ4n) is 2.99. The van der Waals surface area contributed by atoms with Crippen LogP contribution in [-0.2, 0) is 9.59 Å². The molecule has 3 atom stereocenters. The van der Waals surface area contributed by atoms with E-state index in [1.54, 1.807) is 13.0 Å². The first kappa shape index (κ1) is 19.0. The normalized spacial score (nSPS) is 28.0. The van der Waals surface area contributed by atoms with Gasteiger partial charge in [0.2, 0.25) is 11.8 Å². The van der Waals surface area contributed by atoms with E-state index in [4.69, 9.17) is 0 Å². The highest BCUT2D eigenvalue weighted by atomic mass is 16.4. The third-order valence-corrected chi connectivity index (χ3v) is 4.07. The van der Waals surface area contributed by atoms with Crippen LogP contribution in [0.3, 0.4) is 0 Å². The Labute approximate surface area is 137 Å². The predicted molar refractivity (Wildman–Crippen MR) is 86.9 cm³/mol. The molecule has 1 aliphatic rings. The number of carboxylic acid groups (broad SMARTS) is 1. The monoisotopic (exact) mass is 325 g/mol. The van der Waals surface area contributed by atoms with Gasteiger partial charge in [-0.05, 0) is 40.0 Å². The van der Waals surface area contributed by atoms with Crippen molar-refractivity contribution in [2.75, 3.05) is 6.54 Å². The van der Waals surface area contributed by atoms with Gasteiger partial charge < -0.3 is 20.6 Å². The lowest BCUT2D eigenvalue weighted by molar-refractivity contribution is -0.139. The minimum Gasteiger partial charge on any atom is -0.465 e. The largest absolute Gasteiger partial charge is 0.465 e. The quantitative estimate of drug-likeness (QED) is 0.682. The molecular formula is C16H27N3O4. The van der Waals surface area contributed by atoms with E-state index in [-0.39, 0.29) is 24.3 Å². The maximum atomic E-state index is 12.9. The predicted octanol–water partition coefficient (Wildman–Crippen LogP) is 1.35. The number of rotatable bonds is 3. The van der Waals surface area contributed by atoms with Crippen LogP contribution >= 0.6 is 0 Å². The molecule has 1 saturated heterocycles. The van der Waals surface area contributed by atoms with Gasteiger partial charge in [0.15, 0.2) is 0 Å². The van der Waals surface area contributed by atoms with Crippen LogP contribution in [0.1, 0.15) is 41.0 Å². The molecule has 3 amide bonds. The first-order valence-corrected chi connectivity index (χ1v) is 7.66. The van der Waals surface area contributed by atoms with Crippen LogP contribution in [0, 0.1) is 5.92 Å². The molecule has 1 rings (SSSR count). The van der Waals surface area contributed by atoms with Crippen LogP contribution in [-0.4, -0.2) is 51.6 Å². The van der Waals surface area contributed by atoms with Gasteiger partial charge in [-0.3, -0.25) is 9.59 Å². The molecule has 3 N–H and O–H groups in total. The first-order valence-electron chi connectivity index (χ1n) is 7.66. The van der Waals surface area contributed by atoms with E-state index in [1.165, 1.54) is 11.8 Å². The Morgan fingerprint density at radius 3 is 2.30 bits per heavy atom. The zero-order valence-corrected chi connectivity index (χ0v) is 14.5. The highest BCUT2D eigenvalue weighted by Gasteiger charge is 2.53. The van der Waals surface area contributed by atoms with Gasteiger partial charge in [-0.2, -0.15) is 0 Å². The number of hydrogen-bond donors (Lipinski definition) is 3. The molecule has 0 aromatic carbocycles. The number of carbonyl (C=O) groups is 3. The summed E-state index contributed by atoms with van der Waals surface area (Å²) in [6.07, 6.45) is 0.813. The summed E-state index contributed by atoms with van der Waals surface area (Å²) in [7, 11) is 0. The Bertz CT molecular complexity index is 512. The Morgan fingerprint density at radius 1 is 1.35 bits per heavy atom. The Kier molecular flexibility index (Phi) is 5.45. The molecule has 0 bridgehead atoms. The summed E-state index contributed by atoms with van der Waals surface area (Å²) in [5.74, 6) is -0.985. The fourth-order valence-corrected chi connectivity index (χ4v) is 2.99. The number of amides is 3. The molecule has 0 saturated carbocycles. The van der Waals surface area contributed by atoms with Crippen LogP contribution in [0.4, 0.5) is 4.79 Å². The SMILES string of the molecule is C=C[C@H]1CN(C(=O)O)[C@H](C)[C@](NC(C)=O)(C(=O)NC(C)(C)C)C1. The second-order valence-corrected chi connectivity index (χ2v) is 7.17. The zero-order chi connectivity index (χ0) is 18.0. The van der Waals surface area contributed by atoms with Crippen LogP contribution in [0.25, 0.3) is 0 Å². The number of nitrogens with zero attached hydrogens (tertiary/aromatic N) is 1. The minimum absolute atomic E-state index is 0.222. The van der Waals surface area contributed by atoms with E-state index in [0.29, 0.717) is 6.42 Å². The molecule has 0 aromatic heterocycles. The topological polar surface area (TPSA) is 98.7 Å². The van der Waals surface area contributed by atoms with Crippen molar-refractivity contribution in [1.82, 2.24) is 15.5 Å². The lowest BCUT2D eigenvalue weighted by atomic mass is 9.75. The average molecular weight is 325 g/mol. The van der Waals surface area contributed by atoms with E-state index >= 15 is 0 Å². The molecule has 0 unspecified atom stereocenters. The zero-order valence-electron chi connectivity index (χ0n) is 14.5. The maximum Gasteiger partial charge on any atom is 0.407 e. The first-order chi connectivity index (χ1) is 10.4.